The Labute approximate surface area is 93.9 Å². The summed E-state index contributed by atoms with van der Waals surface area (Å²) < 4.78 is 1.99. The number of carbonyl (C=O) groups is 1. The highest BCUT2D eigenvalue weighted by Crippen LogP contribution is 2.22. The first-order valence-corrected chi connectivity index (χ1v) is 5.21. The molecule has 80 valence electrons. The lowest BCUT2D eigenvalue weighted by Gasteiger charge is -2.01. The van der Waals surface area contributed by atoms with E-state index in [0.717, 1.165) is 17.4 Å². The number of aromatic nitrogens is 1. The molecule has 0 spiro atoms. The fraction of sp³-hybridized carbons (Fsp3) is 0.231. The van der Waals surface area contributed by atoms with Crippen LogP contribution in [0, 0.1) is 11.3 Å². The number of ketones is 1. The number of hydrogen-bond acceptors (Lipinski definition) is 2. The summed E-state index contributed by atoms with van der Waals surface area (Å²) in [5, 5.41) is 9.90. The number of aryl methyl sites for hydroxylation is 1. The van der Waals surface area contributed by atoms with Crippen molar-refractivity contribution in [1.29, 1.82) is 5.26 Å². The number of carbonyl (C=O) groups excluding carboxylic acids is 1. The van der Waals surface area contributed by atoms with E-state index in [1.165, 1.54) is 0 Å². The molecule has 3 nitrogen and oxygen atoms in total. The molecule has 0 amide bonds. The van der Waals surface area contributed by atoms with Crippen molar-refractivity contribution in [2.75, 3.05) is 0 Å². The molecule has 2 aromatic rings. The van der Waals surface area contributed by atoms with Gasteiger partial charge in [0.25, 0.3) is 0 Å². The van der Waals surface area contributed by atoms with Crippen molar-refractivity contribution in [1.82, 2.24) is 4.57 Å². The van der Waals surface area contributed by atoms with E-state index in [-0.39, 0.29) is 5.78 Å². The van der Waals surface area contributed by atoms with Gasteiger partial charge in [0.2, 0.25) is 0 Å². The van der Waals surface area contributed by atoms with Gasteiger partial charge in [-0.05, 0) is 19.9 Å². The number of nitrogens with zero attached hydrogens (tertiary/aromatic N) is 2. The number of fused-ring (bicyclic) bond motifs is 1. The Bertz CT molecular complexity index is 602. The highest BCUT2D eigenvalue weighted by Gasteiger charge is 2.09. The van der Waals surface area contributed by atoms with Crippen LogP contribution in [0.25, 0.3) is 10.9 Å². The molecule has 0 saturated carbocycles. The van der Waals surface area contributed by atoms with Gasteiger partial charge in [-0.3, -0.25) is 4.79 Å². The highest BCUT2D eigenvalue weighted by molar-refractivity contribution is 5.99. The second-order valence-electron chi connectivity index (χ2n) is 3.73. The molecule has 0 saturated heterocycles. The molecule has 0 atom stereocenters. The molecule has 3 heteroatoms. The summed E-state index contributed by atoms with van der Waals surface area (Å²) in [7, 11) is 0. The largest absolute Gasteiger partial charge is 0.346 e. The summed E-state index contributed by atoms with van der Waals surface area (Å²) in [5.74, 6) is 0.0456. The number of Topliss-reactive ketones (excluding diaryl/α,β-unsaturated/α-hetero) is 1. The predicted molar refractivity (Wildman–Crippen MR) is 62.3 cm³/mol. The van der Waals surface area contributed by atoms with Crippen LogP contribution in [-0.4, -0.2) is 10.4 Å². The monoisotopic (exact) mass is 212 g/mol. The Morgan fingerprint density at radius 3 is 2.81 bits per heavy atom. The first-order valence-electron chi connectivity index (χ1n) is 5.21. The maximum atomic E-state index is 11.3. The number of benzene rings is 1. The summed E-state index contributed by atoms with van der Waals surface area (Å²) in [6.07, 6.45) is 1.83. The third-order valence-electron chi connectivity index (χ3n) is 2.75. The van der Waals surface area contributed by atoms with Crippen molar-refractivity contribution in [2.24, 2.45) is 0 Å². The van der Waals surface area contributed by atoms with Crippen LogP contribution in [0.5, 0.6) is 0 Å². The van der Waals surface area contributed by atoms with Crippen molar-refractivity contribution < 1.29 is 4.79 Å². The molecule has 1 aromatic carbocycles. The number of nitriles is 1. The predicted octanol–water partition coefficient (Wildman–Crippen LogP) is 2.74. The quantitative estimate of drug-likeness (QED) is 0.718. The number of hydrogen-bond donors (Lipinski definition) is 0. The SMILES string of the molecule is CCn1cc(C#N)c2ccc(C(C)=O)cc21. The smallest absolute Gasteiger partial charge is 0.159 e. The van der Waals surface area contributed by atoms with Crippen LogP contribution in [0.2, 0.25) is 0 Å². The standard InChI is InChI=1S/C13H12N2O/c1-3-15-8-11(7-14)12-5-4-10(9(2)16)6-13(12)15/h4-6,8H,3H2,1-2H3. The van der Waals surface area contributed by atoms with Gasteiger partial charge in [-0.15, -0.1) is 0 Å². The van der Waals surface area contributed by atoms with E-state index in [1.54, 1.807) is 13.0 Å². The Kier molecular flexibility index (Phi) is 2.49. The normalized spacial score (nSPS) is 10.3. The van der Waals surface area contributed by atoms with Crippen molar-refractivity contribution in [3.63, 3.8) is 0 Å². The molecule has 1 heterocycles. The van der Waals surface area contributed by atoms with E-state index in [4.69, 9.17) is 5.26 Å². The van der Waals surface area contributed by atoms with Crippen LogP contribution < -0.4 is 0 Å². The van der Waals surface area contributed by atoms with E-state index >= 15 is 0 Å². The molecule has 0 aliphatic rings. The van der Waals surface area contributed by atoms with Gasteiger partial charge >= 0.3 is 0 Å². The minimum atomic E-state index is 0.0456. The van der Waals surface area contributed by atoms with Crippen molar-refractivity contribution in [3.05, 3.63) is 35.5 Å². The number of rotatable bonds is 2. The molecule has 2 rings (SSSR count). The van der Waals surface area contributed by atoms with Gasteiger partial charge in [0.1, 0.15) is 6.07 Å². The lowest BCUT2D eigenvalue weighted by molar-refractivity contribution is 0.101. The van der Waals surface area contributed by atoms with Crippen LogP contribution in [-0.2, 0) is 6.54 Å². The average molecular weight is 212 g/mol. The van der Waals surface area contributed by atoms with E-state index < -0.39 is 0 Å². The lowest BCUT2D eigenvalue weighted by Crippen LogP contribution is -1.94. The van der Waals surface area contributed by atoms with E-state index in [2.05, 4.69) is 6.07 Å². The minimum absolute atomic E-state index is 0.0456. The Hall–Kier alpha value is -2.08. The summed E-state index contributed by atoms with van der Waals surface area (Å²) >= 11 is 0. The molecular formula is C13H12N2O. The molecule has 0 bridgehead atoms. The lowest BCUT2D eigenvalue weighted by atomic mass is 10.1. The van der Waals surface area contributed by atoms with Crippen molar-refractivity contribution in [2.45, 2.75) is 20.4 Å². The van der Waals surface area contributed by atoms with Gasteiger partial charge in [-0.25, -0.2) is 0 Å². The Morgan fingerprint density at radius 2 is 2.25 bits per heavy atom. The van der Waals surface area contributed by atoms with E-state index in [9.17, 15) is 4.79 Å². The zero-order valence-electron chi connectivity index (χ0n) is 9.32. The first kappa shape index (κ1) is 10.4. The highest BCUT2D eigenvalue weighted by atomic mass is 16.1. The molecule has 16 heavy (non-hydrogen) atoms. The molecule has 0 aliphatic carbocycles. The van der Waals surface area contributed by atoms with Gasteiger partial charge in [0, 0.05) is 23.7 Å². The molecular weight excluding hydrogens is 200 g/mol. The maximum Gasteiger partial charge on any atom is 0.159 e. The van der Waals surface area contributed by atoms with Crippen LogP contribution in [0.15, 0.2) is 24.4 Å². The zero-order chi connectivity index (χ0) is 11.7. The van der Waals surface area contributed by atoms with Gasteiger partial charge in [0.05, 0.1) is 11.1 Å². The maximum absolute atomic E-state index is 11.3. The Morgan fingerprint density at radius 1 is 1.50 bits per heavy atom. The van der Waals surface area contributed by atoms with Crippen LogP contribution >= 0.6 is 0 Å². The Balaban J connectivity index is 2.77. The van der Waals surface area contributed by atoms with E-state index in [0.29, 0.717) is 11.1 Å². The van der Waals surface area contributed by atoms with E-state index in [1.807, 2.05) is 29.8 Å². The summed E-state index contributed by atoms with van der Waals surface area (Å²) in [6.45, 7) is 4.35. The first-order chi connectivity index (χ1) is 7.67. The van der Waals surface area contributed by atoms with Gasteiger partial charge in [0.15, 0.2) is 5.78 Å². The zero-order valence-corrected chi connectivity index (χ0v) is 9.32. The topological polar surface area (TPSA) is 45.8 Å². The summed E-state index contributed by atoms with van der Waals surface area (Å²) in [6, 6.07) is 7.63. The average Bonchev–Trinajstić information content (AvgIpc) is 2.65. The van der Waals surface area contributed by atoms with Crippen LogP contribution in [0.1, 0.15) is 29.8 Å². The summed E-state index contributed by atoms with van der Waals surface area (Å²) in [5.41, 5.74) is 2.29. The van der Waals surface area contributed by atoms with Gasteiger partial charge in [-0.2, -0.15) is 5.26 Å². The third kappa shape index (κ3) is 1.49. The molecule has 0 radical (unpaired) electrons. The second-order valence-corrected chi connectivity index (χ2v) is 3.73. The van der Waals surface area contributed by atoms with Crippen LogP contribution in [0.3, 0.4) is 0 Å². The molecule has 1 aromatic heterocycles. The van der Waals surface area contributed by atoms with Crippen LogP contribution in [0.4, 0.5) is 0 Å². The molecule has 0 N–H and O–H groups in total. The summed E-state index contributed by atoms with van der Waals surface area (Å²) in [4.78, 5) is 11.3. The van der Waals surface area contributed by atoms with Gasteiger partial charge in [-0.1, -0.05) is 12.1 Å². The second kappa shape index (κ2) is 3.82. The van der Waals surface area contributed by atoms with Crippen molar-refractivity contribution >= 4 is 16.7 Å². The molecule has 0 aliphatic heterocycles. The van der Waals surface area contributed by atoms with Gasteiger partial charge < -0.3 is 4.57 Å². The molecule has 0 fully saturated rings. The molecule has 0 unspecified atom stereocenters. The fourth-order valence-corrected chi connectivity index (χ4v) is 1.86. The minimum Gasteiger partial charge on any atom is -0.346 e. The third-order valence-corrected chi connectivity index (χ3v) is 2.75. The fourth-order valence-electron chi connectivity index (χ4n) is 1.86. The van der Waals surface area contributed by atoms with Crippen molar-refractivity contribution in [3.8, 4) is 6.07 Å².